The Morgan fingerprint density at radius 1 is 0.840 bits per heavy atom. The highest BCUT2D eigenvalue weighted by Crippen LogP contribution is 2.53. The van der Waals surface area contributed by atoms with Crippen LogP contribution in [0.1, 0.15) is 47.2 Å². The molecule has 0 radical (unpaired) electrons. The monoisotopic (exact) mass is 520 g/mol. The van der Waals surface area contributed by atoms with Gasteiger partial charge in [-0.15, -0.1) is 0 Å². The van der Waals surface area contributed by atoms with Crippen LogP contribution in [0, 0.1) is 3.57 Å². The Morgan fingerprint density at radius 3 is 2.00 bits per heavy atom. The van der Waals surface area contributed by atoms with Gasteiger partial charge in [-0.1, -0.05) is 76.6 Å². The molecule has 0 bridgehead atoms. The van der Waals surface area contributed by atoms with Crippen LogP contribution in [0.15, 0.2) is 52.0 Å². The average Bonchev–Trinajstić information content (AvgIpc) is 3.06. The molecule has 0 saturated heterocycles. The van der Waals surface area contributed by atoms with E-state index in [1.807, 2.05) is 0 Å². The lowest BCUT2D eigenvalue weighted by Crippen LogP contribution is -2.42. The highest BCUT2D eigenvalue weighted by atomic mass is 127. The van der Waals surface area contributed by atoms with Crippen molar-refractivity contribution in [3.63, 3.8) is 0 Å². The maximum atomic E-state index is 3.76. The first-order chi connectivity index (χ1) is 11.8. The zero-order valence-corrected chi connectivity index (χ0v) is 19.8. The second-order valence-electron chi connectivity index (χ2n) is 7.95. The summed E-state index contributed by atoms with van der Waals surface area (Å²) in [6, 6.07) is 13.5. The van der Waals surface area contributed by atoms with Crippen LogP contribution in [0.25, 0.3) is 12.2 Å². The minimum Gasteiger partial charge on any atom is -0.0679 e. The van der Waals surface area contributed by atoms with Crippen LogP contribution in [-0.4, -0.2) is 8.07 Å². The lowest BCUT2D eigenvalue weighted by Gasteiger charge is -2.39. The van der Waals surface area contributed by atoms with Crippen molar-refractivity contribution in [2.75, 3.05) is 0 Å². The Hall–Kier alpha value is -0.653. The summed E-state index contributed by atoms with van der Waals surface area (Å²) in [5.41, 5.74) is 10.2. The highest BCUT2D eigenvalue weighted by molar-refractivity contribution is 14.1. The van der Waals surface area contributed by atoms with Crippen LogP contribution >= 0.6 is 38.5 Å². The maximum absolute atomic E-state index is 3.76. The van der Waals surface area contributed by atoms with E-state index in [1.54, 1.807) is 11.1 Å². The van der Waals surface area contributed by atoms with Crippen molar-refractivity contribution in [1.29, 1.82) is 0 Å². The predicted octanol–water partition coefficient (Wildman–Crippen LogP) is 7.54. The fourth-order valence-corrected chi connectivity index (χ4v) is 11.3. The van der Waals surface area contributed by atoms with Crippen molar-refractivity contribution >= 4 is 58.7 Å². The highest BCUT2D eigenvalue weighted by Gasteiger charge is 2.46. The van der Waals surface area contributed by atoms with Gasteiger partial charge in [0.15, 0.2) is 0 Å². The molecule has 0 heterocycles. The van der Waals surface area contributed by atoms with E-state index in [-0.39, 0.29) is 0 Å². The van der Waals surface area contributed by atoms with E-state index in [9.17, 15) is 0 Å². The second-order valence-corrected chi connectivity index (χ2v) is 14.8. The normalized spacial score (nSPS) is 21.7. The molecule has 3 heteroatoms. The predicted molar refractivity (Wildman–Crippen MR) is 124 cm³/mol. The van der Waals surface area contributed by atoms with Crippen molar-refractivity contribution in [1.82, 2.24) is 0 Å². The van der Waals surface area contributed by atoms with Gasteiger partial charge in [0.05, 0.1) is 8.07 Å². The first-order valence-electron chi connectivity index (χ1n) is 8.75. The summed E-state index contributed by atoms with van der Waals surface area (Å²) in [7, 11) is -1.67. The summed E-state index contributed by atoms with van der Waals surface area (Å²) in [5.74, 6) is 0. The van der Waals surface area contributed by atoms with Crippen LogP contribution in [0.2, 0.25) is 13.1 Å². The SMILES string of the molecule is CC1=Cc2c(Br)cccc2C1[Si](C)(C)C1C(C)=Cc2c(I)cccc21. The molecule has 0 aromatic heterocycles. The Balaban J connectivity index is 1.86. The van der Waals surface area contributed by atoms with E-state index >= 15 is 0 Å². The molecule has 0 amide bonds. The van der Waals surface area contributed by atoms with Gasteiger partial charge in [0.2, 0.25) is 0 Å². The van der Waals surface area contributed by atoms with Crippen molar-refractivity contribution < 1.29 is 0 Å². The Kier molecular flexibility index (Phi) is 4.40. The summed E-state index contributed by atoms with van der Waals surface area (Å²) < 4.78 is 2.61. The summed E-state index contributed by atoms with van der Waals surface area (Å²) in [6.45, 7) is 9.84. The largest absolute Gasteiger partial charge is 0.0722 e. The second kappa shape index (κ2) is 6.21. The molecular weight excluding hydrogens is 499 g/mol. The van der Waals surface area contributed by atoms with E-state index in [1.165, 1.54) is 30.3 Å². The molecule has 4 rings (SSSR count). The maximum Gasteiger partial charge on any atom is 0.0722 e. The van der Waals surface area contributed by atoms with Gasteiger partial charge in [-0.05, 0) is 70.8 Å². The molecule has 0 nitrogen and oxygen atoms in total. The molecule has 128 valence electrons. The zero-order valence-electron chi connectivity index (χ0n) is 15.0. The molecule has 2 aromatic rings. The molecule has 0 saturated carbocycles. The van der Waals surface area contributed by atoms with Gasteiger partial charge in [0.1, 0.15) is 0 Å². The van der Waals surface area contributed by atoms with E-state index in [4.69, 9.17) is 0 Å². The standard InChI is InChI=1S/C22H22BrISi/c1-13-11-17-15(7-5-9-19(17)23)21(13)25(3,4)22-14(2)12-18-16(22)8-6-10-20(18)24/h5-12,21-22H,1-4H3. The summed E-state index contributed by atoms with van der Waals surface area (Å²) >= 11 is 6.24. The number of fused-ring (bicyclic) bond motifs is 2. The van der Waals surface area contributed by atoms with Gasteiger partial charge < -0.3 is 0 Å². The molecule has 0 spiro atoms. The van der Waals surface area contributed by atoms with Gasteiger partial charge in [0.25, 0.3) is 0 Å². The Bertz CT molecular complexity index is 864. The smallest absolute Gasteiger partial charge is 0.0679 e. The average molecular weight is 521 g/mol. The van der Waals surface area contributed by atoms with Crippen molar-refractivity contribution in [2.45, 2.75) is 38.0 Å². The van der Waals surface area contributed by atoms with Gasteiger partial charge in [-0.2, -0.15) is 0 Å². The number of benzene rings is 2. The number of hydrogen-bond acceptors (Lipinski definition) is 0. The fourth-order valence-electron chi connectivity index (χ4n) is 5.17. The van der Waals surface area contributed by atoms with E-state index in [0.717, 1.165) is 0 Å². The summed E-state index contributed by atoms with van der Waals surface area (Å²) in [4.78, 5) is 0. The van der Waals surface area contributed by atoms with Crippen LogP contribution in [0.3, 0.4) is 0 Å². The third-order valence-corrected chi connectivity index (χ3v) is 12.1. The Labute approximate surface area is 173 Å². The molecular formula is C22H22BrISi. The topological polar surface area (TPSA) is 0 Å². The minimum absolute atomic E-state index is 0.581. The van der Waals surface area contributed by atoms with E-state index < -0.39 is 8.07 Å². The number of hydrogen-bond donors (Lipinski definition) is 0. The fraction of sp³-hybridized carbons (Fsp3) is 0.273. The summed E-state index contributed by atoms with van der Waals surface area (Å²) in [6.07, 6.45) is 4.84. The van der Waals surface area contributed by atoms with Crippen molar-refractivity contribution in [3.8, 4) is 0 Å². The molecule has 0 N–H and O–H groups in total. The van der Waals surface area contributed by atoms with E-state index in [0.29, 0.717) is 11.1 Å². The summed E-state index contributed by atoms with van der Waals surface area (Å²) in [5, 5.41) is 0. The lowest BCUT2D eigenvalue weighted by molar-refractivity contribution is 0.967. The molecule has 2 aliphatic rings. The van der Waals surface area contributed by atoms with Crippen LogP contribution in [0.4, 0.5) is 0 Å². The molecule has 2 unspecified atom stereocenters. The first-order valence-corrected chi connectivity index (χ1v) is 13.8. The van der Waals surface area contributed by atoms with Gasteiger partial charge in [0, 0.05) is 19.1 Å². The van der Waals surface area contributed by atoms with Crippen LogP contribution in [0.5, 0.6) is 0 Å². The van der Waals surface area contributed by atoms with E-state index in [2.05, 4.69) is 114 Å². The molecule has 2 atom stereocenters. The zero-order chi connectivity index (χ0) is 17.9. The minimum atomic E-state index is -1.67. The van der Waals surface area contributed by atoms with Crippen LogP contribution < -0.4 is 0 Å². The number of rotatable bonds is 2. The molecule has 25 heavy (non-hydrogen) atoms. The van der Waals surface area contributed by atoms with Crippen molar-refractivity contribution in [2.24, 2.45) is 0 Å². The molecule has 0 fully saturated rings. The quantitative estimate of drug-likeness (QED) is 0.283. The molecule has 0 aliphatic heterocycles. The van der Waals surface area contributed by atoms with Gasteiger partial charge >= 0.3 is 0 Å². The lowest BCUT2D eigenvalue weighted by atomic mass is 10.1. The number of halogens is 2. The third-order valence-electron chi connectivity index (χ3n) is 5.94. The Morgan fingerprint density at radius 2 is 1.36 bits per heavy atom. The van der Waals surface area contributed by atoms with Gasteiger partial charge in [-0.25, -0.2) is 0 Å². The van der Waals surface area contributed by atoms with Crippen molar-refractivity contribution in [3.05, 3.63) is 77.8 Å². The molecule has 2 aromatic carbocycles. The van der Waals surface area contributed by atoms with Gasteiger partial charge in [-0.3, -0.25) is 0 Å². The van der Waals surface area contributed by atoms with Crippen LogP contribution in [-0.2, 0) is 0 Å². The number of allylic oxidation sites excluding steroid dienone is 2. The third kappa shape index (κ3) is 2.65. The first kappa shape index (κ1) is 17.7. The molecule has 2 aliphatic carbocycles.